The first-order chi connectivity index (χ1) is 28.9. The SMILES string of the molecule is CCCCCCCCCCCCCCCCCCCCCCC(=O)OC[C@H](COP(=O)(O)OC1C(O)C(O)C(O)[C@@H](O)C1O)OC(=O)CCCCCCCCCCCCC. The van der Waals surface area contributed by atoms with Crippen LogP contribution in [0.2, 0.25) is 0 Å². The van der Waals surface area contributed by atoms with Crippen molar-refractivity contribution in [2.75, 3.05) is 13.2 Å². The fourth-order valence-corrected chi connectivity index (χ4v) is 8.73. The van der Waals surface area contributed by atoms with Crippen molar-refractivity contribution < 1.29 is 63.1 Å². The van der Waals surface area contributed by atoms with Gasteiger partial charge in [0.1, 0.15) is 43.2 Å². The average Bonchev–Trinajstić information content (AvgIpc) is 3.23. The van der Waals surface area contributed by atoms with Crippen LogP contribution in [-0.4, -0.2) is 98.3 Å². The quantitative estimate of drug-likeness (QED) is 0.0192. The highest BCUT2D eigenvalue weighted by atomic mass is 31.2. The first kappa shape index (κ1) is 56.9. The fraction of sp³-hybridized carbons (Fsp3) is 0.957. The predicted molar refractivity (Wildman–Crippen MR) is 235 cm³/mol. The van der Waals surface area contributed by atoms with Crippen LogP contribution in [0.5, 0.6) is 0 Å². The summed E-state index contributed by atoms with van der Waals surface area (Å²) in [6, 6.07) is 0. The number of hydrogen-bond acceptors (Lipinski definition) is 12. The largest absolute Gasteiger partial charge is 0.472 e. The maximum absolute atomic E-state index is 12.8. The lowest BCUT2D eigenvalue weighted by molar-refractivity contribution is -0.220. The van der Waals surface area contributed by atoms with Gasteiger partial charge >= 0.3 is 19.8 Å². The van der Waals surface area contributed by atoms with Gasteiger partial charge in [-0.25, -0.2) is 4.57 Å². The van der Waals surface area contributed by atoms with Gasteiger partial charge in [0.2, 0.25) is 0 Å². The molecule has 0 aromatic carbocycles. The summed E-state index contributed by atoms with van der Waals surface area (Å²) < 4.78 is 33.5. The molecule has 1 aliphatic rings. The maximum atomic E-state index is 12.8. The first-order valence-electron chi connectivity index (χ1n) is 24.3. The van der Waals surface area contributed by atoms with Crippen LogP contribution in [0.3, 0.4) is 0 Å². The third-order valence-electron chi connectivity index (χ3n) is 11.7. The molecule has 0 bridgehead atoms. The summed E-state index contributed by atoms with van der Waals surface area (Å²) in [6.07, 6.45) is 24.5. The molecule has 0 saturated heterocycles. The molecule has 0 spiro atoms. The molecule has 1 saturated carbocycles. The van der Waals surface area contributed by atoms with E-state index in [0.717, 1.165) is 44.9 Å². The molecule has 6 unspecified atom stereocenters. The second kappa shape index (κ2) is 37.2. The molecular formula is C46H89O13P. The summed E-state index contributed by atoms with van der Waals surface area (Å²) in [5, 5.41) is 50.1. The molecule has 1 fully saturated rings. The molecule has 0 aromatic heterocycles. The minimum absolute atomic E-state index is 0.104. The monoisotopic (exact) mass is 881 g/mol. The van der Waals surface area contributed by atoms with Gasteiger partial charge < -0.3 is 39.9 Å². The second-order valence-electron chi connectivity index (χ2n) is 17.3. The van der Waals surface area contributed by atoms with E-state index in [4.69, 9.17) is 18.5 Å². The zero-order chi connectivity index (χ0) is 44.3. The Balaban J connectivity index is 2.36. The van der Waals surface area contributed by atoms with Crippen molar-refractivity contribution in [1.29, 1.82) is 0 Å². The summed E-state index contributed by atoms with van der Waals surface area (Å²) in [5.74, 6) is -1.08. The summed E-state index contributed by atoms with van der Waals surface area (Å²) in [5.41, 5.74) is 0. The van der Waals surface area contributed by atoms with Gasteiger partial charge in [0, 0.05) is 12.8 Å². The van der Waals surface area contributed by atoms with Gasteiger partial charge in [-0.1, -0.05) is 200 Å². The lowest BCUT2D eigenvalue weighted by Crippen LogP contribution is -2.64. The van der Waals surface area contributed by atoms with E-state index in [0.29, 0.717) is 12.8 Å². The minimum Gasteiger partial charge on any atom is -0.462 e. The Hall–Kier alpha value is -1.15. The van der Waals surface area contributed by atoms with Gasteiger partial charge in [-0.2, -0.15) is 0 Å². The van der Waals surface area contributed by atoms with Gasteiger partial charge in [0.25, 0.3) is 0 Å². The highest BCUT2D eigenvalue weighted by molar-refractivity contribution is 7.47. The van der Waals surface area contributed by atoms with Crippen molar-refractivity contribution in [3.63, 3.8) is 0 Å². The number of aliphatic hydroxyl groups excluding tert-OH is 5. The van der Waals surface area contributed by atoms with Crippen LogP contribution in [-0.2, 0) is 32.7 Å². The van der Waals surface area contributed by atoms with E-state index < -0.39 is 75.7 Å². The molecule has 14 heteroatoms. The van der Waals surface area contributed by atoms with E-state index in [1.54, 1.807) is 0 Å². The zero-order valence-electron chi connectivity index (χ0n) is 37.8. The summed E-state index contributed by atoms with van der Waals surface area (Å²) >= 11 is 0. The summed E-state index contributed by atoms with van der Waals surface area (Å²) in [7, 11) is -5.11. The molecular weight excluding hydrogens is 791 g/mol. The summed E-state index contributed by atoms with van der Waals surface area (Å²) in [6.45, 7) is 3.31. The third-order valence-corrected chi connectivity index (χ3v) is 12.7. The molecule has 8 atom stereocenters. The number of carbonyl (C=O) groups excluding carboxylic acids is 2. The first-order valence-corrected chi connectivity index (χ1v) is 25.8. The number of phosphoric ester groups is 1. The molecule has 13 nitrogen and oxygen atoms in total. The normalized spacial score (nSPS) is 22.1. The van der Waals surface area contributed by atoms with Crippen molar-refractivity contribution in [1.82, 2.24) is 0 Å². The van der Waals surface area contributed by atoms with Crippen molar-refractivity contribution in [3.8, 4) is 0 Å². The molecule has 60 heavy (non-hydrogen) atoms. The lowest BCUT2D eigenvalue weighted by atomic mass is 9.85. The van der Waals surface area contributed by atoms with Gasteiger partial charge in [-0.05, 0) is 12.8 Å². The number of esters is 2. The molecule has 1 rings (SSSR count). The number of carbonyl (C=O) groups is 2. The van der Waals surface area contributed by atoms with Crippen molar-refractivity contribution in [3.05, 3.63) is 0 Å². The molecule has 0 heterocycles. The number of phosphoric acid groups is 1. The molecule has 0 aromatic rings. The van der Waals surface area contributed by atoms with Crippen LogP contribution < -0.4 is 0 Å². The van der Waals surface area contributed by atoms with Gasteiger partial charge in [0.05, 0.1) is 6.61 Å². The number of aliphatic hydroxyl groups is 5. The van der Waals surface area contributed by atoms with Gasteiger partial charge in [-0.3, -0.25) is 18.6 Å². The maximum Gasteiger partial charge on any atom is 0.472 e. The van der Waals surface area contributed by atoms with Gasteiger partial charge in [0.15, 0.2) is 6.10 Å². The lowest BCUT2D eigenvalue weighted by Gasteiger charge is -2.41. The third kappa shape index (κ3) is 29.3. The highest BCUT2D eigenvalue weighted by Crippen LogP contribution is 2.47. The second-order valence-corrected chi connectivity index (χ2v) is 18.7. The zero-order valence-corrected chi connectivity index (χ0v) is 38.7. The Kier molecular flexibility index (Phi) is 35.3. The van der Waals surface area contributed by atoms with E-state index >= 15 is 0 Å². The molecule has 0 amide bonds. The molecule has 356 valence electrons. The van der Waals surface area contributed by atoms with Crippen LogP contribution in [0.25, 0.3) is 0 Å². The van der Waals surface area contributed by atoms with E-state index in [-0.39, 0.29) is 12.8 Å². The Morgan fingerprint density at radius 3 is 1.10 bits per heavy atom. The Bertz CT molecular complexity index is 1060. The van der Waals surface area contributed by atoms with Crippen LogP contribution in [0, 0.1) is 0 Å². The van der Waals surface area contributed by atoms with Gasteiger partial charge in [-0.15, -0.1) is 0 Å². The number of ether oxygens (including phenoxy) is 2. The van der Waals surface area contributed by atoms with Crippen LogP contribution in [0.4, 0.5) is 0 Å². The Labute approximate surface area is 363 Å². The number of hydrogen-bond donors (Lipinski definition) is 6. The number of unbranched alkanes of at least 4 members (excludes halogenated alkanes) is 29. The minimum atomic E-state index is -5.11. The highest BCUT2D eigenvalue weighted by Gasteiger charge is 2.51. The smallest absolute Gasteiger partial charge is 0.462 e. The van der Waals surface area contributed by atoms with Crippen molar-refractivity contribution >= 4 is 19.8 Å². The van der Waals surface area contributed by atoms with E-state index in [2.05, 4.69) is 13.8 Å². The summed E-state index contributed by atoms with van der Waals surface area (Å²) in [4.78, 5) is 35.7. The van der Waals surface area contributed by atoms with E-state index in [1.807, 2.05) is 0 Å². The standard InChI is InChI=1S/C46H89O13P/c1-3-5-7-9-11-13-15-16-17-18-19-20-21-22-23-25-26-28-30-32-34-39(47)56-36-38(58-40(48)35-33-31-29-27-24-14-12-10-8-6-4-2)37-57-60(54,55)59-46-44(52)42(50)41(49)43(51)45(46)53/h38,41-46,49-53H,3-37H2,1-2H3,(H,54,55)/t38-,41?,42-,43?,44?,45?,46?/m1/s1. The fourth-order valence-electron chi connectivity index (χ4n) is 7.76. The topological polar surface area (TPSA) is 210 Å². The average molecular weight is 881 g/mol. The molecule has 0 aliphatic heterocycles. The molecule has 6 N–H and O–H groups in total. The van der Waals surface area contributed by atoms with Crippen molar-refractivity contribution in [2.24, 2.45) is 0 Å². The van der Waals surface area contributed by atoms with Crippen LogP contribution in [0.1, 0.15) is 226 Å². The van der Waals surface area contributed by atoms with E-state index in [1.165, 1.54) is 141 Å². The Morgan fingerprint density at radius 2 is 0.750 bits per heavy atom. The van der Waals surface area contributed by atoms with E-state index in [9.17, 15) is 44.6 Å². The van der Waals surface area contributed by atoms with Crippen LogP contribution in [0.15, 0.2) is 0 Å². The Morgan fingerprint density at radius 1 is 0.450 bits per heavy atom. The van der Waals surface area contributed by atoms with Crippen molar-refractivity contribution in [2.45, 2.75) is 268 Å². The molecule has 1 aliphatic carbocycles. The number of rotatable bonds is 41. The molecule has 0 radical (unpaired) electrons. The predicted octanol–water partition coefficient (Wildman–Crippen LogP) is 9.67. The van der Waals surface area contributed by atoms with Crippen LogP contribution >= 0.6 is 7.82 Å².